The van der Waals surface area contributed by atoms with E-state index >= 15 is 0 Å². The van der Waals surface area contributed by atoms with Gasteiger partial charge in [-0.15, -0.1) is 0 Å². The first-order valence-corrected chi connectivity index (χ1v) is 10.4. The molecule has 1 aromatic rings. The van der Waals surface area contributed by atoms with Crippen LogP contribution in [0, 0.1) is 17.2 Å². The van der Waals surface area contributed by atoms with Crippen molar-refractivity contribution in [3.05, 3.63) is 53.3 Å². The van der Waals surface area contributed by atoms with Crippen molar-refractivity contribution in [2.45, 2.75) is 58.3 Å². The number of amides is 2. The number of nitriles is 1. The highest BCUT2D eigenvalue weighted by molar-refractivity contribution is 5.98. The van der Waals surface area contributed by atoms with Gasteiger partial charge in [0.2, 0.25) is 11.8 Å². The van der Waals surface area contributed by atoms with Gasteiger partial charge >= 0.3 is 6.18 Å². The molecule has 0 bridgehead atoms. The number of nitrogens with zero attached hydrogens (tertiary/aromatic N) is 1. The third-order valence-corrected chi connectivity index (χ3v) is 5.37. The molecule has 0 spiro atoms. The Labute approximate surface area is 191 Å². The van der Waals surface area contributed by atoms with E-state index in [4.69, 9.17) is 5.26 Å². The molecule has 1 heterocycles. The molecule has 1 aromatic carbocycles. The van der Waals surface area contributed by atoms with Crippen LogP contribution in [0.15, 0.2) is 42.1 Å². The van der Waals surface area contributed by atoms with E-state index in [1.54, 1.807) is 6.92 Å². The van der Waals surface area contributed by atoms with Gasteiger partial charge in [-0.3, -0.25) is 15.0 Å². The number of hydrazine groups is 1. The number of benzene rings is 1. The highest BCUT2D eigenvalue weighted by Gasteiger charge is 2.42. The largest absolute Gasteiger partial charge is 0.417 e. The lowest BCUT2D eigenvalue weighted by Crippen LogP contribution is -2.50. The summed E-state index contributed by atoms with van der Waals surface area (Å²) < 4.78 is 39.6. The smallest absolute Gasteiger partial charge is 0.330 e. The summed E-state index contributed by atoms with van der Waals surface area (Å²) in [6.07, 6.45) is 1.91. The van der Waals surface area contributed by atoms with Gasteiger partial charge in [-0.25, -0.2) is 5.43 Å². The molecule has 3 atom stereocenters. The molecule has 1 aliphatic rings. The Kier molecular flexibility index (Phi) is 8.41. The minimum absolute atomic E-state index is 0.0509. The number of hydrogen-bond acceptors (Lipinski definition) is 5. The van der Waals surface area contributed by atoms with Gasteiger partial charge in [-0.2, -0.15) is 18.4 Å². The van der Waals surface area contributed by atoms with Gasteiger partial charge in [0.1, 0.15) is 5.54 Å². The second-order valence-electron chi connectivity index (χ2n) is 8.24. The number of alkyl halides is 3. The van der Waals surface area contributed by atoms with Crippen LogP contribution in [0.5, 0.6) is 0 Å². The maximum Gasteiger partial charge on any atom is 0.417 e. The van der Waals surface area contributed by atoms with Gasteiger partial charge in [-0.1, -0.05) is 25.2 Å². The van der Waals surface area contributed by atoms with Crippen molar-refractivity contribution in [3.8, 4) is 6.07 Å². The average Bonchev–Trinajstić information content (AvgIpc) is 3.14. The topological polar surface area (TPSA) is 106 Å². The van der Waals surface area contributed by atoms with Crippen LogP contribution in [0.2, 0.25) is 0 Å². The normalized spacial score (nSPS) is 22.1. The van der Waals surface area contributed by atoms with Crippen LogP contribution in [0.25, 0.3) is 0 Å². The molecule has 178 valence electrons. The fourth-order valence-electron chi connectivity index (χ4n) is 3.55. The zero-order valence-electron chi connectivity index (χ0n) is 18.9. The predicted molar refractivity (Wildman–Crippen MR) is 118 cm³/mol. The molecule has 0 aliphatic carbocycles. The molecule has 1 fully saturated rings. The highest BCUT2D eigenvalue weighted by atomic mass is 19.4. The summed E-state index contributed by atoms with van der Waals surface area (Å²) in [6, 6.07) is 4.40. The van der Waals surface area contributed by atoms with Crippen LogP contribution >= 0.6 is 0 Å². The van der Waals surface area contributed by atoms with Crippen molar-refractivity contribution in [2.75, 3.05) is 5.32 Å². The first kappa shape index (κ1) is 26.1. The molecule has 10 heteroatoms. The molecular weight excluding hydrogens is 435 g/mol. The van der Waals surface area contributed by atoms with Crippen molar-refractivity contribution in [1.29, 1.82) is 5.26 Å². The molecule has 33 heavy (non-hydrogen) atoms. The lowest BCUT2D eigenvalue weighted by atomic mass is 9.89. The zero-order valence-corrected chi connectivity index (χ0v) is 18.9. The molecule has 2 amide bonds. The Balaban J connectivity index is 2.13. The van der Waals surface area contributed by atoms with Gasteiger partial charge in [0.15, 0.2) is 0 Å². The fraction of sp³-hybridized carbons (Fsp3) is 0.435. The number of allylic oxidation sites excluding steroid dienone is 2. The zero-order chi connectivity index (χ0) is 24.8. The molecule has 4 N–H and O–H groups in total. The van der Waals surface area contributed by atoms with Crippen molar-refractivity contribution < 1.29 is 22.8 Å². The van der Waals surface area contributed by atoms with Crippen molar-refractivity contribution in [1.82, 2.24) is 16.2 Å². The number of nitrogens with one attached hydrogen (secondary N) is 4. The van der Waals surface area contributed by atoms with E-state index in [9.17, 15) is 22.8 Å². The third-order valence-electron chi connectivity index (χ3n) is 5.37. The first-order valence-electron chi connectivity index (χ1n) is 10.4. The van der Waals surface area contributed by atoms with E-state index in [0.29, 0.717) is 12.8 Å². The van der Waals surface area contributed by atoms with Crippen LogP contribution in [0.3, 0.4) is 0 Å². The molecular formula is C23H28F3N5O2. The number of rotatable bonds is 7. The summed E-state index contributed by atoms with van der Waals surface area (Å²) in [6.45, 7) is 6.90. The standard InChI is InChI=1S/C23H28F3N5O2/c1-5-6-7-17(28-15(3)32)10-14(2)20-12-22(4,31-30-20)21(33)29-18-9-8-16(13-27)19(11-18)23(24,25)26/h5-6,8-11,14,20,30-31H,7,12H2,1-4H3,(H,28,32)(H,29,33)/b6-5-,17-10+. The minimum Gasteiger partial charge on any atom is -0.330 e. The maximum atomic E-state index is 13.2. The number of carbonyl (C=O) groups is 2. The van der Waals surface area contributed by atoms with Gasteiger partial charge in [0, 0.05) is 30.8 Å². The number of halogens is 3. The molecule has 2 rings (SSSR count). The van der Waals surface area contributed by atoms with E-state index in [2.05, 4.69) is 21.5 Å². The molecule has 3 unspecified atom stereocenters. The average molecular weight is 464 g/mol. The second kappa shape index (κ2) is 10.6. The lowest BCUT2D eigenvalue weighted by molar-refractivity contribution is -0.137. The van der Waals surface area contributed by atoms with Crippen LogP contribution in [-0.2, 0) is 15.8 Å². The SMILES string of the molecule is C/C=C\C/C(=C\C(C)C1CC(C)(C(=O)Nc2ccc(C#N)c(C(F)(F)F)c2)NN1)NC(C)=O. The summed E-state index contributed by atoms with van der Waals surface area (Å²) >= 11 is 0. The molecule has 1 aliphatic heterocycles. The summed E-state index contributed by atoms with van der Waals surface area (Å²) in [5.74, 6) is -0.756. The summed E-state index contributed by atoms with van der Waals surface area (Å²) in [7, 11) is 0. The first-order chi connectivity index (χ1) is 15.4. The number of anilines is 1. The second-order valence-corrected chi connectivity index (χ2v) is 8.24. The fourth-order valence-corrected chi connectivity index (χ4v) is 3.55. The molecule has 0 saturated carbocycles. The van der Waals surface area contributed by atoms with E-state index in [1.165, 1.54) is 19.1 Å². The Bertz CT molecular complexity index is 997. The predicted octanol–water partition coefficient (Wildman–Crippen LogP) is 3.76. The number of hydrogen-bond donors (Lipinski definition) is 4. The minimum atomic E-state index is -4.71. The molecule has 7 nitrogen and oxygen atoms in total. The summed E-state index contributed by atoms with van der Waals surface area (Å²) in [5, 5.41) is 14.2. The van der Waals surface area contributed by atoms with E-state index in [0.717, 1.165) is 17.8 Å². The molecule has 0 aromatic heterocycles. The van der Waals surface area contributed by atoms with Gasteiger partial charge in [-0.05, 0) is 44.4 Å². The Morgan fingerprint density at radius 2 is 2.09 bits per heavy atom. The molecule has 0 radical (unpaired) electrons. The maximum absolute atomic E-state index is 13.2. The van der Waals surface area contributed by atoms with Crippen molar-refractivity contribution in [3.63, 3.8) is 0 Å². The van der Waals surface area contributed by atoms with Crippen LogP contribution in [0.1, 0.15) is 51.7 Å². The quantitative estimate of drug-likeness (QED) is 0.461. The Hall–Kier alpha value is -3.16. The van der Waals surface area contributed by atoms with Crippen molar-refractivity contribution in [2.24, 2.45) is 5.92 Å². The van der Waals surface area contributed by atoms with Gasteiger partial charge in [0.05, 0.1) is 17.2 Å². The highest BCUT2D eigenvalue weighted by Crippen LogP contribution is 2.34. The van der Waals surface area contributed by atoms with E-state index < -0.39 is 28.7 Å². The number of carbonyl (C=O) groups excluding carboxylic acids is 2. The molecule has 1 saturated heterocycles. The lowest BCUT2D eigenvalue weighted by Gasteiger charge is -2.23. The Morgan fingerprint density at radius 1 is 1.39 bits per heavy atom. The van der Waals surface area contributed by atoms with Crippen LogP contribution < -0.4 is 21.5 Å². The summed E-state index contributed by atoms with van der Waals surface area (Å²) in [5.41, 5.74) is 4.00. The van der Waals surface area contributed by atoms with Crippen molar-refractivity contribution >= 4 is 17.5 Å². The monoisotopic (exact) mass is 463 g/mol. The van der Waals surface area contributed by atoms with Crippen LogP contribution in [-0.4, -0.2) is 23.4 Å². The van der Waals surface area contributed by atoms with Crippen LogP contribution in [0.4, 0.5) is 18.9 Å². The Morgan fingerprint density at radius 3 is 2.67 bits per heavy atom. The third kappa shape index (κ3) is 6.91. The van der Waals surface area contributed by atoms with Gasteiger partial charge < -0.3 is 10.6 Å². The summed E-state index contributed by atoms with van der Waals surface area (Å²) in [4.78, 5) is 24.4. The van der Waals surface area contributed by atoms with E-state index in [1.807, 2.05) is 32.1 Å². The van der Waals surface area contributed by atoms with Gasteiger partial charge in [0.25, 0.3) is 0 Å². The van der Waals surface area contributed by atoms with E-state index in [-0.39, 0.29) is 23.6 Å².